The molecule has 0 atom stereocenters. The second-order valence-corrected chi connectivity index (χ2v) is 8.20. The van der Waals surface area contributed by atoms with Gasteiger partial charge >= 0.3 is 0 Å². The number of amides is 1. The summed E-state index contributed by atoms with van der Waals surface area (Å²) >= 11 is 0. The van der Waals surface area contributed by atoms with Crippen LogP contribution in [0.1, 0.15) is 18.4 Å². The van der Waals surface area contributed by atoms with E-state index in [0.29, 0.717) is 25.5 Å². The van der Waals surface area contributed by atoms with E-state index in [1.165, 1.54) is 6.33 Å². The van der Waals surface area contributed by atoms with Gasteiger partial charge in [-0.05, 0) is 18.6 Å². The van der Waals surface area contributed by atoms with E-state index in [1.54, 1.807) is 0 Å². The SMILES string of the molecule is Cc1ccccc1NC(=O)CN1CCN(c2cc(N3CCC(F)(F)CC3)ncn2)CC1. The molecule has 0 saturated carbocycles. The molecular weight excluding hydrogens is 402 g/mol. The van der Waals surface area contributed by atoms with Crippen LogP contribution in [0.5, 0.6) is 0 Å². The molecule has 2 saturated heterocycles. The average Bonchev–Trinajstić information content (AvgIpc) is 2.76. The van der Waals surface area contributed by atoms with Crippen LogP contribution in [-0.4, -0.2) is 72.5 Å². The Balaban J connectivity index is 1.29. The zero-order valence-corrected chi connectivity index (χ0v) is 17.7. The number of aromatic nitrogens is 2. The first kappa shape index (κ1) is 21.4. The molecule has 4 rings (SSSR count). The number of carbonyl (C=O) groups excluding carboxylic acids is 1. The molecule has 0 spiro atoms. The molecule has 2 aliphatic rings. The largest absolute Gasteiger partial charge is 0.356 e. The first-order valence-corrected chi connectivity index (χ1v) is 10.7. The molecule has 2 aromatic rings. The van der Waals surface area contributed by atoms with E-state index in [9.17, 15) is 13.6 Å². The van der Waals surface area contributed by atoms with Crippen molar-refractivity contribution in [1.82, 2.24) is 14.9 Å². The lowest BCUT2D eigenvalue weighted by molar-refractivity contribution is -0.117. The van der Waals surface area contributed by atoms with Crippen molar-refractivity contribution in [3.05, 3.63) is 42.2 Å². The summed E-state index contributed by atoms with van der Waals surface area (Å²) in [4.78, 5) is 27.2. The summed E-state index contributed by atoms with van der Waals surface area (Å²) in [6.45, 7) is 5.89. The monoisotopic (exact) mass is 430 g/mol. The van der Waals surface area contributed by atoms with Crippen molar-refractivity contribution in [2.24, 2.45) is 0 Å². The minimum Gasteiger partial charge on any atom is -0.356 e. The molecule has 1 amide bonds. The minimum atomic E-state index is -2.58. The van der Waals surface area contributed by atoms with E-state index in [4.69, 9.17) is 0 Å². The van der Waals surface area contributed by atoms with Crippen molar-refractivity contribution in [1.29, 1.82) is 0 Å². The Morgan fingerprint density at radius 2 is 1.61 bits per heavy atom. The summed E-state index contributed by atoms with van der Waals surface area (Å²) in [6, 6.07) is 9.61. The summed E-state index contributed by atoms with van der Waals surface area (Å²) in [7, 11) is 0. The van der Waals surface area contributed by atoms with Crippen molar-refractivity contribution >= 4 is 23.2 Å². The maximum absolute atomic E-state index is 13.4. The van der Waals surface area contributed by atoms with Crippen LogP contribution >= 0.6 is 0 Å². The number of carbonyl (C=O) groups is 1. The lowest BCUT2D eigenvalue weighted by atomic mass is 10.1. The number of nitrogens with one attached hydrogen (secondary N) is 1. The molecule has 1 aromatic carbocycles. The molecule has 0 aliphatic carbocycles. The van der Waals surface area contributed by atoms with E-state index in [-0.39, 0.29) is 18.7 Å². The number of halogens is 2. The van der Waals surface area contributed by atoms with Crippen LogP contribution in [0.25, 0.3) is 0 Å². The van der Waals surface area contributed by atoms with Crippen LogP contribution in [0, 0.1) is 6.92 Å². The van der Waals surface area contributed by atoms with Gasteiger partial charge < -0.3 is 15.1 Å². The Morgan fingerprint density at radius 3 is 2.26 bits per heavy atom. The van der Waals surface area contributed by atoms with Crippen molar-refractivity contribution in [2.75, 3.05) is 60.9 Å². The van der Waals surface area contributed by atoms with Crippen molar-refractivity contribution in [3.8, 4) is 0 Å². The number of aryl methyl sites for hydroxylation is 1. The zero-order valence-electron chi connectivity index (χ0n) is 17.7. The van der Waals surface area contributed by atoms with Crippen LogP contribution in [0.15, 0.2) is 36.7 Å². The van der Waals surface area contributed by atoms with Gasteiger partial charge in [0.25, 0.3) is 5.92 Å². The predicted molar refractivity (Wildman–Crippen MR) is 117 cm³/mol. The van der Waals surface area contributed by atoms with E-state index in [1.807, 2.05) is 42.2 Å². The summed E-state index contributed by atoms with van der Waals surface area (Å²) in [6.07, 6.45) is 1.21. The van der Waals surface area contributed by atoms with Gasteiger partial charge in [0.05, 0.1) is 6.54 Å². The molecule has 3 heterocycles. The molecule has 7 nitrogen and oxygen atoms in total. The Hall–Kier alpha value is -2.81. The summed E-state index contributed by atoms with van der Waals surface area (Å²) in [5.41, 5.74) is 1.88. The maximum atomic E-state index is 13.4. The fourth-order valence-corrected chi connectivity index (χ4v) is 3.99. The Bertz CT molecular complexity index is 906. The van der Waals surface area contributed by atoms with Crippen LogP contribution in [0.4, 0.5) is 26.1 Å². The third kappa shape index (κ3) is 5.46. The standard InChI is InChI=1S/C22H28F2N6O/c1-17-4-2-3-5-18(17)27-21(31)15-28-10-12-30(13-11-28)20-14-19(25-16-26-20)29-8-6-22(23,24)7-9-29/h2-5,14,16H,6-13,15H2,1H3,(H,27,31). The van der Waals surface area contributed by atoms with Crippen molar-refractivity contribution in [3.63, 3.8) is 0 Å². The predicted octanol–water partition coefficient (Wildman–Crippen LogP) is 2.78. The molecule has 2 aliphatic heterocycles. The number of nitrogens with zero attached hydrogens (tertiary/aromatic N) is 5. The number of piperazine rings is 1. The highest BCUT2D eigenvalue weighted by Gasteiger charge is 2.34. The van der Waals surface area contributed by atoms with Crippen molar-refractivity contribution in [2.45, 2.75) is 25.7 Å². The van der Waals surface area contributed by atoms with Gasteiger partial charge in [0.15, 0.2) is 0 Å². The normalized spacial score (nSPS) is 19.3. The number of alkyl halides is 2. The first-order valence-electron chi connectivity index (χ1n) is 10.7. The number of anilines is 3. The summed E-state index contributed by atoms with van der Waals surface area (Å²) in [5.74, 6) is -1.10. The highest BCUT2D eigenvalue weighted by atomic mass is 19.3. The topological polar surface area (TPSA) is 64.6 Å². The van der Waals surface area contributed by atoms with Crippen LogP contribution in [-0.2, 0) is 4.79 Å². The molecule has 1 N–H and O–H groups in total. The average molecular weight is 431 g/mol. The fourth-order valence-electron chi connectivity index (χ4n) is 3.99. The van der Waals surface area contributed by atoms with Gasteiger partial charge in [0, 0.05) is 63.9 Å². The second kappa shape index (κ2) is 9.13. The molecule has 1 aromatic heterocycles. The number of piperidine rings is 1. The van der Waals surface area contributed by atoms with E-state index >= 15 is 0 Å². The number of rotatable bonds is 5. The molecule has 0 radical (unpaired) electrons. The number of hydrogen-bond acceptors (Lipinski definition) is 6. The fraction of sp³-hybridized carbons (Fsp3) is 0.500. The quantitative estimate of drug-likeness (QED) is 0.787. The van der Waals surface area contributed by atoms with Gasteiger partial charge in [-0.2, -0.15) is 0 Å². The van der Waals surface area contributed by atoms with Gasteiger partial charge in [0.2, 0.25) is 5.91 Å². The lowest BCUT2D eigenvalue weighted by Crippen LogP contribution is -2.49. The Kier molecular flexibility index (Phi) is 6.31. The van der Waals surface area contributed by atoms with Gasteiger partial charge in [-0.1, -0.05) is 18.2 Å². The molecule has 9 heteroatoms. The summed E-state index contributed by atoms with van der Waals surface area (Å²) < 4.78 is 26.9. The number of hydrogen-bond donors (Lipinski definition) is 1. The van der Waals surface area contributed by atoms with Gasteiger partial charge in [-0.25, -0.2) is 18.7 Å². The minimum absolute atomic E-state index is 0.0195. The van der Waals surface area contributed by atoms with Gasteiger partial charge in [-0.3, -0.25) is 9.69 Å². The smallest absolute Gasteiger partial charge is 0.251 e. The highest BCUT2D eigenvalue weighted by Crippen LogP contribution is 2.30. The van der Waals surface area contributed by atoms with E-state index in [2.05, 4.69) is 25.1 Å². The van der Waals surface area contributed by atoms with E-state index in [0.717, 1.165) is 43.2 Å². The number of para-hydroxylation sites is 1. The van der Waals surface area contributed by atoms with Crippen LogP contribution in [0.2, 0.25) is 0 Å². The summed E-state index contributed by atoms with van der Waals surface area (Å²) in [5, 5.41) is 2.98. The molecule has 166 valence electrons. The molecule has 31 heavy (non-hydrogen) atoms. The maximum Gasteiger partial charge on any atom is 0.251 e. The lowest BCUT2D eigenvalue weighted by Gasteiger charge is -2.36. The van der Waals surface area contributed by atoms with Crippen LogP contribution < -0.4 is 15.1 Å². The number of benzene rings is 1. The molecular formula is C22H28F2N6O. The van der Waals surface area contributed by atoms with Crippen LogP contribution in [0.3, 0.4) is 0 Å². The zero-order chi connectivity index (χ0) is 21.8. The Morgan fingerprint density at radius 1 is 1.00 bits per heavy atom. The first-order chi connectivity index (χ1) is 14.9. The van der Waals surface area contributed by atoms with Gasteiger partial charge in [-0.15, -0.1) is 0 Å². The molecule has 0 unspecified atom stereocenters. The van der Waals surface area contributed by atoms with Crippen molar-refractivity contribution < 1.29 is 13.6 Å². The Labute approximate surface area is 181 Å². The van der Waals surface area contributed by atoms with Gasteiger partial charge in [0.1, 0.15) is 18.0 Å². The third-order valence-electron chi connectivity index (χ3n) is 5.94. The third-order valence-corrected chi connectivity index (χ3v) is 5.94. The molecule has 0 bridgehead atoms. The molecule has 2 fully saturated rings. The highest BCUT2D eigenvalue weighted by molar-refractivity contribution is 5.92. The van der Waals surface area contributed by atoms with E-state index < -0.39 is 5.92 Å². The second-order valence-electron chi connectivity index (χ2n) is 8.20.